The van der Waals surface area contributed by atoms with E-state index < -0.39 is 0 Å². The molecule has 5 heteroatoms. The number of amidine groups is 1. The number of aryl methyl sites for hydroxylation is 1. The zero-order chi connectivity index (χ0) is 14.7. The Hall–Kier alpha value is -2.20. The Bertz CT molecular complexity index is 656. The molecule has 0 spiro atoms. The normalized spacial score (nSPS) is 10.2. The molecule has 0 radical (unpaired) electrons. The number of nitrogens with one attached hydrogen (secondary N) is 1. The maximum Gasteiger partial charge on any atom is 0.169 e. The Kier molecular flexibility index (Phi) is 4.15. The van der Waals surface area contributed by atoms with Crippen LogP contribution in [0.5, 0.6) is 17.2 Å². The minimum absolute atomic E-state index is 0.0358. The second kappa shape index (κ2) is 5.84. The van der Waals surface area contributed by atoms with Crippen LogP contribution in [0.3, 0.4) is 0 Å². The lowest BCUT2D eigenvalue weighted by molar-refractivity contribution is 0.378. The summed E-state index contributed by atoms with van der Waals surface area (Å²) >= 11 is 6.13. The molecule has 0 fully saturated rings. The van der Waals surface area contributed by atoms with E-state index in [9.17, 15) is 0 Å². The number of nitrogen functional groups attached to an aromatic ring is 1. The van der Waals surface area contributed by atoms with Gasteiger partial charge in [0.05, 0.1) is 12.1 Å². The van der Waals surface area contributed by atoms with Crippen molar-refractivity contribution in [1.29, 1.82) is 5.41 Å². The molecule has 0 aliphatic carbocycles. The van der Waals surface area contributed by atoms with Crippen LogP contribution in [0.4, 0.5) is 0 Å². The largest absolute Gasteiger partial charge is 0.493 e. The van der Waals surface area contributed by atoms with E-state index in [0.717, 1.165) is 5.56 Å². The van der Waals surface area contributed by atoms with E-state index in [2.05, 4.69) is 0 Å². The molecule has 20 heavy (non-hydrogen) atoms. The summed E-state index contributed by atoms with van der Waals surface area (Å²) in [5.74, 6) is 1.66. The molecule has 104 valence electrons. The van der Waals surface area contributed by atoms with E-state index in [1.807, 2.05) is 25.1 Å². The van der Waals surface area contributed by atoms with E-state index in [1.54, 1.807) is 25.3 Å². The Morgan fingerprint density at radius 2 is 1.80 bits per heavy atom. The van der Waals surface area contributed by atoms with Crippen molar-refractivity contribution in [2.45, 2.75) is 6.92 Å². The maximum atomic E-state index is 7.37. The van der Waals surface area contributed by atoms with Gasteiger partial charge in [-0.15, -0.1) is 0 Å². The molecule has 0 amide bonds. The highest BCUT2D eigenvalue weighted by Crippen LogP contribution is 2.35. The third kappa shape index (κ3) is 3.03. The number of benzene rings is 2. The van der Waals surface area contributed by atoms with Crippen LogP contribution in [-0.2, 0) is 0 Å². The predicted molar refractivity (Wildman–Crippen MR) is 80.3 cm³/mol. The smallest absolute Gasteiger partial charge is 0.169 e. The van der Waals surface area contributed by atoms with Crippen LogP contribution in [0.25, 0.3) is 0 Å². The highest BCUT2D eigenvalue weighted by atomic mass is 35.5. The van der Waals surface area contributed by atoms with Crippen LogP contribution in [0.15, 0.2) is 36.4 Å². The molecule has 0 aliphatic rings. The summed E-state index contributed by atoms with van der Waals surface area (Å²) in [6, 6.07) is 10.6. The summed E-state index contributed by atoms with van der Waals surface area (Å²) in [7, 11) is 1.59. The molecule has 2 aromatic rings. The molecule has 0 heterocycles. The van der Waals surface area contributed by atoms with Gasteiger partial charge >= 0.3 is 0 Å². The van der Waals surface area contributed by atoms with Crippen LogP contribution in [-0.4, -0.2) is 12.9 Å². The minimum atomic E-state index is -0.0358. The molecule has 4 nitrogen and oxygen atoms in total. The fourth-order valence-electron chi connectivity index (χ4n) is 1.73. The molecule has 0 saturated carbocycles. The minimum Gasteiger partial charge on any atom is -0.493 e. The predicted octanol–water partition coefficient (Wildman–Crippen LogP) is 3.73. The lowest BCUT2D eigenvalue weighted by atomic mass is 10.2. The summed E-state index contributed by atoms with van der Waals surface area (Å²) in [5.41, 5.74) is 7.04. The SMILES string of the molecule is COc1cc(C)ccc1Oc1ccc(C(=N)N)cc1Cl. The first kappa shape index (κ1) is 14.2. The summed E-state index contributed by atoms with van der Waals surface area (Å²) in [6.45, 7) is 1.97. The van der Waals surface area contributed by atoms with Gasteiger partial charge in [0.1, 0.15) is 11.6 Å². The molecule has 2 aromatic carbocycles. The molecule has 0 aromatic heterocycles. The Balaban J connectivity index is 2.33. The number of ether oxygens (including phenoxy) is 2. The molecule has 0 aliphatic heterocycles. The van der Waals surface area contributed by atoms with Gasteiger partial charge in [0.25, 0.3) is 0 Å². The van der Waals surface area contributed by atoms with Crippen LogP contribution in [0.2, 0.25) is 5.02 Å². The van der Waals surface area contributed by atoms with E-state index in [0.29, 0.717) is 27.8 Å². The van der Waals surface area contributed by atoms with Crippen molar-refractivity contribution in [3.63, 3.8) is 0 Å². The van der Waals surface area contributed by atoms with Crippen molar-refractivity contribution in [2.75, 3.05) is 7.11 Å². The topological polar surface area (TPSA) is 68.3 Å². The zero-order valence-electron chi connectivity index (χ0n) is 11.2. The van der Waals surface area contributed by atoms with Gasteiger partial charge in [-0.2, -0.15) is 0 Å². The van der Waals surface area contributed by atoms with Crippen molar-refractivity contribution < 1.29 is 9.47 Å². The summed E-state index contributed by atoms with van der Waals surface area (Å²) in [5, 5.41) is 7.76. The van der Waals surface area contributed by atoms with Crippen LogP contribution in [0, 0.1) is 12.3 Å². The fraction of sp³-hybridized carbons (Fsp3) is 0.133. The number of rotatable bonds is 4. The third-order valence-electron chi connectivity index (χ3n) is 2.78. The van der Waals surface area contributed by atoms with Gasteiger partial charge in [-0.1, -0.05) is 17.7 Å². The molecule has 0 atom stereocenters. The van der Waals surface area contributed by atoms with E-state index in [-0.39, 0.29) is 5.84 Å². The first-order valence-corrected chi connectivity index (χ1v) is 6.35. The molecule has 0 bridgehead atoms. The molecule has 2 rings (SSSR count). The number of hydrogen-bond acceptors (Lipinski definition) is 3. The van der Waals surface area contributed by atoms with E-state index in [1.165, 1.54) is 0 Å². The number of halogens is 1. The Morgan fingerprint density at radius 1 is 1.10 bits per heavy atom. The van der Waals surface area contributed by atoms with Gasteiger partial charge in [-0.25, -0.2) is 0 Å². The number of hydrogen-bond donors (Lipinski definition) is 2. The van der Waals surface area contributed by atoms with Crippen LogP contribution >= 0.6 is 11.6 Å². The van der Waals surface area contributed by atoms with Crippen molar-refractivity contribution in [1.82, 2.24) is 0 Å². The van der Waals surface area contributed by atoms with Gasteiger partial charge in [0, 0.05) is 5.56 Å². The van der Waals surface area contributed by atoms with Crippen LogP contribution in [0.1, 0.15) is 11.1 Å². The lowest BCUT2D eigenvalue weighted by Crippen LogP contribution is -2.10. The molecular weight excluding hydrogens is 276 g/mol. The highest BCUT2D eigenvalue weighted by molar-refractivity contribution is 6.32. The monoisotopic (exact) mass is 290 g/mol. The van der Waals surface area contributed by atoms with Crippen molar-refractivity contribution in [3.05, 3.63) is 52.5 Å². The average Bonchev–Trinajstić information content (AvgIpc) is 2.42. The zero-order valence-corrected chi connectivity index (χ0v) is 12.0. The first-order chi connectivity index (χ1) is 9.51. The van der Waals surface area contributed by atoms with Crippen molar-refractivity contribution >= 4 is 17.4 Å². The number of nitrogens with two attached hydrogens (primary N) is 1. The number of methoxy groups -OCH3 is 1. The Labute approximate surface area is 122 Å². The average molecular weight is 291 g/mol. The summed E-state index contributed by atoms with van der Waals surface area (Å²) in [6.07, 6.45) is 0. The molecule has 3 N–H and O–H groups in total. The summed E-state index contributed by atoms with van der Waals surface area (Å²) in [4.78, 5) is 0. The molecular formula is C15H15ClN2O2. The van der Waals surface area contributed by atoms with Crippen molar-refractivity contribution in [3.8, 4) is 17.2 Å². The molecule has 0 unspecified atom stereocenters. The Morgan fingerprint density at radius 3 is 2.40 bits per heavy atom. The first-order valence-electron chi connectivity index (χ1n) is 5.97. The van der Waals surface area contributed by atoms with Gasteiger partial charge in [-0.3, -0.25) is 5.41 Å². The van der Waals surface area contributed by atoms with Gasteiger partial charge in [-0.05, 0) is 42.8 Å². The maximum absolute atomic E-state index is 7.37. The standard InChI is InChI=1S/C15H15ClN2O2/c1-9-3-5-13(14(7-9)19-2)20-12-6-4-10(15(17)18)8-11(12)16/h3-8H,1-2H3,(H3,17,18). The quantitative estimate of drug-likeness (QED) is 0.666. The van der Waals surface area contributed by atoms with Crippen LogP contribution < -0.4 is 15.2 Å². The lowest BCUT2D eigenvalue weighted by Gasteiger charge is -2.12. The van der Waals surface area contributed by atoms with Gasteiger partial charge in [0.2, 0.25) is 0 Å². The van der Waals surface area contributed by atoms with Crippen molar-refractivity contribution in [2.24, 2.45) is 5.73 Å². The second-order valence-electron chi connectivity index (χ2n) is 4.32. The van der Waals surface area contributed by atoms with Gasteiger partial charge < -0.3 is 15.2 Å². The molecule has 0 saturated heterocycles. The van der Waals surface area contributed by atoms with E-state index in [4.69, 9.17) is 32.2 Å². The summed E-state index contributed by atoms with van der Waals surface area (Å²) < 4.78 is 11.0. The third-order valence-corrected chi connectivity index (χ3v) is 3.08. The van der Waals surface area contributed by atoms with E-state index >= 15 is 0 Å². The highest BCUT2D eigenvalue weighted by Gasteiger charge is 2.10. The van der Waals surface area contributed by atoms with Gasteiger partial charge in [0.15, 0.2) is 11.5 Å². The fourth-order valence-corrected chi connectivity index (χ4v) is 1.95. The second-order valence-corrected chi connectivity index (χ2v) is 4.72.